The number of nitrogens with two attached hydrogens (primary N) is 1. The van der Waals surface area contributed by atoms with Gasteiger partial charge < -0.3 is 10.5 Å². The number of amidine groups is 1. The Kier molecular flexibility index (Phi) is 5.33. The average Bonchev–Trinajstić information content (AvgIpc) is 2.35. The minimum Gasteiger partial charge on any atom is -0.468 e. The largest absolute Gasteiger partial charge is 0.468 e. The second-order valence-electron chi connectivity index (χ2n) is 5.53. The van der Waals surface area contributed by atoms with Gasteiger partial charge in [0, 0.05) is 11.3 Å². The standard InChI is InChI=1S/C14H20N2O4S/c1-5-7(17)9-8(21-13(15)16)6-14(2,3)10(11(9)18)12(19)20-4/h10H,5-6H2,1-4H3,(H3,15,16)/t10-/m0/s1. The predicted molar refractivity (Wildman–Crippen MR) is 80.7 cm³/mol. The first-order chi connectivity index (χ1) is 9.65. The number of rotatable bonds is 4. The maximum atomic E-state index is 12.6. The van der Waals surface area contributed by atoms with Gasteiger partial charge in [0.15, 0.2) is 16.7 Å². The van der Waals surface area contributed by atoms with Crippen LogP contribution in [0.5, 0.6) is 0 Å². The van der Waals surface area contributed by atoms with Gasteiger partial charge in [-0.05, 0) is 11.8 Å². The predicted octanol–water partition coefficient (Wildman–Crippen LogP) is 1.63. The van der Waals surface area contributed by atoms with E-state index in [-0.39, 0.29) is 22.9 Å². The molecule has 0 amide bonds. The van der Waals surface area contributed by atoms with Crippen molar-refractivity contribution in [3.8, 4) is 0 Å². The lowest BCUT2D eigenvalue weighted by Crippen LogP contribution is -2.44. The third-order valence-electron chi connectivity index (χ3n) is 3.46. The summed E-state index contributed by atoms with van der Waals surface area (Å²) in [7, 11) is 1.22. The number of carbonyl (C=O) groups excluding carboxylic acids is 3. The molecule has 116 valence electrons. The molecule has 0 aromatic heterocycles. The summed E-state index contributed by atoms with van der Waals surface area (Å²) in [6, 6.07) is 0. The van der Waals surface area contributed by atoms with E-state index in [0.717, 1.165) is 11.8 Å². The molecule has 1 rings (SSSR count). The van der Waals surface area contributed by atoms with Gasteiger partial charge in [-0.2, -0.15) is 0 Å². The number of methoxy groups -OCH3 is 1. The number of esters is 1. The number of thioether (sulfide) groups is 1. The van der Waals surface area contributed by atoms with Crippen molar-refractivity contribution in [3.63, 3.8) is 0 Å². The topological polar surface area (TPSA) is 110 Å². The van der Waals surface area contributed by atoms with Crippen molar-refractivity contribution in [2.45, 2.75) is 33.6 Å². The molecule has 0 fully saturated rings. The Balaban J connectivity index is 3.42. The Morgan fingerprint density at radius 3 is 2.48 bits per heavy atom. The highest BCUT2D eigenvalue weighted by atomic mass is 32.2. The van der Waals surface area contributed by atoms with Gasteiger partial charge in [-0.1, -0.05) is 32.5 Å². The summed E-state index contributed by atoms with van der Waals surface area (Å²) < 4.78 is 4.71. The number of carbonyl (C=O) groups is 3. The summed E-state index contributed by atoms with van der Waals surface area (Å²) in [5, 5.41) is 7.19. The summed E-state index contributed by atoms with van der Waals surface area (Å²) in [6.07, 6.45) is 0.473. The van der Waals surface area contributed by atoms with E-state index in [1.165, 1.54) is 7.11 Å². The number of allylic oxidation sites excluding steroid dienone is 2. The number of hydrogen-bond donors (Lipinski definition) is 2. The van der Waals surface area contributed by atoms with Gasteiger partial charge in [0.25, 0.3) is 0 Å². The van der Waals surface area contributed by atoms with E-state index >= 15 is 0 Å². The zero-order valence-corrected chi connectivity index (χ0v) is 13.4. The molecule has 0 unspecified atom stereocenters. The third kappa shape index (κ3) is 3.53. The highest BCUT2D eigenvalue weighted by Crippen LogP contribution is 2.45. The first kappa shape index (κ1) is 17.4. The van der Waals surface area contributed by atoms with E-state index in [4.69, 9.17) is 15.9 Å². The van der Waals surface area contributed by atoms with Crippen molar-refractivity contribution in [1.29, 1.82) is 5.41 Å². The molecule has 7 heteroatoms. The van der Waals surface area contributed by atoms with Crippen LogP contribution in [0.2, 0.25) is 0 Å². The fourth-order valence-electron chi connectivity index (χ4n) is 2.47. The maximum absolute atomic E-state index is 12.6. The highest BCUT2D eigenvalue weighted by Gasteiger charge is 2.48. The number of ether oxygens (including phenoxy) is 1. The zero-order chi connectivity index (χ0) is 16.4. The molecule has 0 spiro atoms. The van der Waals surface area contributed by atoms with Crippen molar-refractivity contribution < 1.29 is 19.1 Å². The minimum atomic E-state index is -1.01. The number of Topliss-reactive ketones (excluding diaryl/α,β-unsaturated/α-hetero) is 2. The minimum absolute atomic E-state index is 0.00701. The second-order valence-corrected chi connectivity index (χ2v) is 6.66. The van der Waals surface area contributed by atoms with Crippen molar-refractivity contribution in [2.24, 2.45) is 17.1 Å². The summed E-state index contributed by atoms with van der Waals surface area (Å²) in [4.78, 5) is 37.1. The summed E-state index contributed by atoms with van der Waals surface area (Å²) >= 11 is 0.902. The van der Waals surface area contributed by atoms with Crippen molar-refractivity contribution in [2.75, 3.05) is 7.11 Å². The van der Waals surface area contributed by atoms with Crippen LogP contribution < -0.4 is 5.73 Å². The first-order valence-corrected chi connectivity index (χ1v) is 7.37. The van der Waals surface area contributed by atoms with Gasteiger partial charge in [0.2, 0.25) is 0 Å². The molecule has 1 aliphatic rings. The first-order valence-electron chi connectivity index (χ1n) is 6.56. The van der Waals surface area contributed by atoms with Crippen molar-refractivity contribution >= 4 is 34.5 Å². The van der Waals surface area contributed by atoms with E-state index in [1.807, 2.05) is 0 Å². The maximum Gasteiger partial charge on any atom is 0.317 e. The molecule has 0 aliphatic heterocycles. The van der Waals surface area contributed by atoms with Crippen molar-refractivity contribution in [3.05, 3.63) is 10.5 Å². The molecule has 0 saturated carbocycles. The number of nitrogens with one attached hydrogen (secondary N) is 1. The van der Waals surface area contributed by atoms with Gasteiger partial charge in [0.05, 0.1) is 12.7 Å². The van der Waals surface area contributed by atoms with Crippen LogP contribution in [0.25, 0.3) is 0 Å². The van der Waals surface area contributed by atoms with E-state index in [1.54, 1.807) is 20.8 Å². The smallest absolute Gasteiger partial charge is 0.317 e. The van der Waals surface area contributed by atoms with Crippen LogP contribution >= 0.6 is 11.8 Å². The van der Waals surface area contributed by atoms with Crippen LogP contribution in [0.15, 0.2) is 10.5 Å². The van der Waals surface area contributed by atoms with Crippen LogP contribution in [-0.2, 0) is 19.1 Å². The SMILES string of the molecule is CCC(=O)C1=C(SC(=N)N)CC(C)(C)[C@H](C(=O)OC)C1=O. The fourth-order valence-corrected chi connectivity index (χ4v) is 3.50. The van der Waals surface area contributed by atoms with Gasteiger partial charge in [-0.3, -0.25) is 19.8 Å². The summed E-state index contributed by atoms with van der Waals surface area (Å²) in [6.45, 7) is 5.17. The second kappa shape index (κ2) is 6.43. The van der Waals surface area contributed by atoms with Crippen LogP contribution in [-0.4, -0.2) is 29.8 Å². The molecular formula is C14H20N2O4S. The van der Waals surface area contributed by atoms with Crippen LogP contribution in [0.4, 0.5) is 0 Å². The number of ketones is 2. The summed E-state index contributed by atoms with van der Waals surface area (Å²) in [5.74, 6) is -2.52. The Morgan fingerprint density at radius 1 is 1.48 bits per heavy atom. The van der Waals surface area contributed by atoms with Gasteiger partial charge in [-0.15, -0.1) is 0 Å². The Hall–Kier alpha value is -1.63. The molecule has 1 aliphatic carbocycles. The lowest BCUT2D eigenvalue weighted by molar-refractivity contribution is -0.153. The van der Waals surface area contributed by atoms with E-state index < -0.39 is 23.1 Å². The lowest BCUT2D eigenvalue weighted by Gasteiger charge is -2.37. The fraction of sp³-hybridized carbons (Fsp3) is 0.571. The Morgan fingerprint density at radius 2 is 2.05 bits per heavy atom. The molecular weight excluding hydrogens is 292 g/mol. The van der Waals surface area contributed by atoms with Gasteiger partial charge in [0.1, 0.15) is 5.92 Å². The number of hydrogen-bond acceptors (Lipinski definition) is 6. The average molecular weight is 312 g/mol. The molecule has 0 heterocycles. The van der Waals surface area contributed by atoms with Crippen LogP contribution in [0.1, 0.15) is 33.6 Å². The highest BCUT2D eigenvalue weighted by molar-refractivity contribution is 8.17. The van der Waals surface area contributed by atoms with Gasteiger partial charge in [-0.25, -0.2) is 0 Å². The molecule has 0 aromatic carbocycles. The Bertz CT molecular complexity index is 537. The monoisotopic (exact) mass is 312 g/mol. The molecule has 3 N–H and O–H groups in total. The lowest BCUT2D eigenvalue weighted by atomic mass is 9.68. The molecule has 0 bridgehead atoms. The normalized spacial score (nSPS) is 21.1. The van der Waals surface area contributed by atoms with Crippen molar-refractivity contribution in [1.82, 2.24) is 0 Å². The Labute approximate surface area is 128 Å². The summed E-state index contributed by atoms with van der Waals surface area (Å²) in [5.41, 5.74) is 4.68. The third-order valence-corrected chi connectivity index (χ3v) is 4.27. The molecule has 0 saturated heterocycles. The van der Waals surface area contributed by atoms with E-state index in [0.29, 0.717) is 11.3 Å². The molecule has 6 nitrogen and oxygen atoms in total. The van der Waals surface area contributed by atoms with Gasteiger partial charge >= 0.3 is 5.97 Å². The molecule has 1 atom stereocenters. The zero-order valence-electron chi connectivity index (χ0n) is 12.6. The quantitative estimate of drug-likeness (QED) is 0.268. The van der Waals surface area contributed by atoms with Crippen LogP contribution in [0, 0.1) is 16.7 Å². The molecule has 0 radical (unpaired) electrons. The molecule has 21 heavy (non-hydrogen) atoms. The molecule has 0 aromatic rings. The van der Waals surface area contributed by atoms with E-state index in [9.17, 15) is 14.4 Å². The van der Waals surface area contributed by atoms with Crippen LogP contribution in [0.3, 0.4) is 0 Å². The van der Waals surface area contributed by atoms with E-state index in [2.05, 4.69) is 0 Å².